The first kappa shape index (κ1) is 60.4. The third-order valence-electron chi connectivity index (χ3n) is 14.1. The quantitative estimate of drug-likeness (QED) is 0.0300. The van der Waals surface area contributed by atoms with Gasteiger partial charge in [0.1, 0.15) is 22.6 Å². The Labute approximate surface area is 490 Å². The van der Waals surface area contributed by atoms with Crippen molar-refractivity contribution in [2.75, 3.05) is 52.9 Å². The second-order valence-corrected chi connectivity index (χ2v) is 20.4. The van der Waals surface area contributed by atoms with Gasteiger partial charge in [0.25, 0.3) is 0 Å². The van der Waals surface area contributed by atoms with Crippen LogP contribution in [-0.2, 0) is 20.4 Å². The third-order valence-corrected chi connectivity index (χ3v) is 14.1. The molecule has 5 heterocycles. The summed E-state index contributed by atoms with van der Waals surface area (Å²) in [4.78, 5) is 40.1. The average Bonchev–Trinajstić information content (AvgIpc) is 4.43. The minimum absolute atomic E-state index is 0. The van der Waals surface area contributed by atoms with Gasteiger partial charge in [0.15, 0.2) is 46.3 Å². The van der Waals surface area contributed by atoms with Crippen LogP contribution in [0.4, 0.5) is 0 Å². The first-order valence-electron chi connectivity index (χ1n) is 29.9. The van der Waals surface area contributed by atoms with Crippen LogP contribution < -0.4 is 37.9 Å². The number of nitrogens with one attached hydrogen (secondary N) is 2. The molecule has 17 heteroatoms. The van der Waals surface area contributed by atoms with Crippen LogP contribution >= 0.6 is 0 Å². The molecule has 0 atom stereocenters. The number of nitrogens with zero attached hydrogens (tertiary/aromatic N) is 6. The molecule has 7 aromatic rings. The van der Waals surface area contributed by atoms with Crippen LogP contribution in [0.2, 0.25) is 0 Å². The smallest absolute Gasteiger partial charge is 0.208 e. The van der Waals surface area contributed by atoms with E-state index in [1.165, 1.54) is 0 Å². The fourth-order valence-corrected chi connectivity index (χ4v) is 9.61. The summed E-state index contributed by atoms with van der Waals surface area (Å²) in [6.07, 6.45) is 13.8. The van der Waals surface area contributed by atoms with Gasteiger partial charge in [-0.15, -0.1) is 0 Å². The van der Waals surface area contributed by atoms with E-state index in [0.717, 1.165) is 125 Å². The van der Waals surface area contributed by atoms with Gasteiger partial charge < -0.3 is 47.9 Å². The van der Waals surface area contributed by atoms with E-state index in [4.69, 9.17) is 67.8 Å². The Balaban J connectivity index is 0.00000860. The van der Waals surface area contributed by atoms with Gasteiger partial charge in [-0.05, 0) is 51.4 Å². The van der Waals surface area contributed by atoms with Gasteiger partial charge in [0, 0.05) is 42.3 Å². The average molecular weight is 1200 g/mol. The number of hydrogen-bond donors (Lipinski definition) is 2. The topological polar surface area (TPSA) is 183 Å². The number of H-pyrrole nitrogens is 2. The van der Waals surface area contributed by atoms with E-state index in [2.05, 4.69) is 65.4 Å². The molecule has 2 N–H and O–H groups in total. The van der Waals surface area contributed by atoms with Crippen LogP contribution in [0.1, 0.15) is 158 Å². The molecule has 0 saturated carbocycles. The minimum Gasteiger partial charge on any atom is -0.489 e. The summed E-state index contributed by atoms with van der Waals surface area (Å²) in [6.45, 7) is 20.5. The summed E-state index contributed by atoms with van der Waals surface area (Å²) >= 11 is 0. The zero-order valence-electron chi connectivity index (χ0n) is 48.9. The van der Waals surface area contributed by atoms with Crippen molar-refractivity contribution in [3.8, 4) is 91.5 Å². The number of ether oxygens (including phenoxy) is 8. The Kier molecular flexibility index (Phi) is 22.3. The summed E-state index contributed by atoms with van der Waals surface area (Å²) in [5, 5.41) is 2.90. The van der Waals surface area contributed by atoms with E-state index in [0.29, 0.717) is 167 Å². The van der Waals surface area contributed by atoms with Crippen molar-refractivity contribution in [1.82, 2.24) is 39.9 Å². The third kappa shape index (κ3) is 13.3. The molecule has 2 aliphatic rings. The first-order valence-corrected chi connectivity index (χ1v) is 29.9. The van der Waals surface area contributed by atoms with Gasteiger partial charge >= 0.3 is 0 Å². The number of unbranched alkanes of at least 4 members (excludes halogenated alkanes) is 8. The Morgan fingerprint density at radius 2 is 0.556 bits per heavy atom. The maximum absolute atomic E-state index is 7.04. The van der Waals surface area contributed by atoms with Crippen LogP contribution in [0.25, 0.3) is 89.7 Å². The van der Waals surface area contributed by atoms with Crippen LogP contribution in [-0.4, -0.2) is 92.7 Å². The maximum Gasteiger partial charge on any atom is 0.208 e. The van der Waals surface area contributed by atoms with Gasteiger partial charge in [-0.1, -0.05) is 155 Å². The molecule has 0 unspecified atom stereocenters. The number of hydrogen-bond acceptors (Lipinski definition) is 14. The van der Waals surface area contributed by atoms with Crippen LogP contribution in [0.3, 0.4) is 0 Å². The molecule has 4 aromatic carbocycles. The number of benzene rings is 4. The van der Waals surface area contributed by atoms with Crippen molar-refractivity contribution < 1.29 is 58.3 Å². The monoisotopic (exact) mass is 1200 g/mol. The van der Waals surface area contributed by atoms with E-state index in [-0.39, 0.29) is 20.4 Å². The summed E-state index contributed by atoms with van der Waals surface area (Å²) in [6, 6.07) is 16.1. The van der Waals surface area contributed by atoms with E-state index >= 15 is 0 Å². The maximum atomic E-state index is 7.04. The zero-order valence-corrected chi connectivity index (χ0v) is 50.4. The van der Waals surface area contributed by atoms with E-state index < -0.39 is 0 Å². The van der Waals surface area contributed by atoms with Gasteiger partial charge in [-0.2, -0.15) is 0 Å². The van der Waals surface area contributed by atoms with Crippen molar-refractivity contribution >= 4 is 44.1 Å². The summed E-state index contributed by atoms with van der Waals surface area (Å²) < 4.78 is 55.7. The molecule has 0 aliphatic carbocycles. The predicted octanol–water partition coefficient (Wildman–Crippen LogP) is 16.3. The molecule has 0 amide bonds. The van der Waals surface area contributed by atoms with Crippen molar-refractivity contribution in [3.63, 3.8) is 0 Å². The molecule has 0 fully saturated rings. The minimum atomic E-state index is 0. The van der Waals surface area contributed by atoms with E-state index in [9.17, 15) is 0 Å². The zero-order chi connectivity index (χ0) is 55.8. The molecule has 16 nitrogen and oxygen atoms in total. The standard InChI is InChI=1S/C64H82N8O8.Pd/c1-9-17-33-73-49-45-47(51(75-35-19-11-3)55(79-39-23-15-7)53(49)77-37-21-13-5)63-70-61(45)68-59-43-31-27-25-29-41(43)57(66-59)65-58-42-30-26-28-32-44(42)60(67-58)69-62-46-48(64(71-62)72-63)52(76-36-20-12-4)56(80-40-24-16-8)54(78-38-22-14-6)50(46)74-34-18-10-2;/h25-32H,9-24,33-40H2,1-8H3,(H2,65,66,67,68,69,70,71,72);. The second-order valence-electron chi connectivity index (χ2n) is 20.4. The van der Waals surface area contributed by atoms with Gasteiger partial charge in [0.2, 0.25) is 23.0 Å². The van der Waals surface area contributed by atoms with Gasteiger partial charge in [0.05, 0.1) is 74.8 Å². The molecule has 0 radical (unpaired) electrons. The summed E-state index contributed by atoms with van der Waals surface area (Å²) in [5.41, 5.74) is 4.73. The summed E-state index contributed by atoms with van der Waals surface area (Å²) in [5.74, 6) is 5.28. The Morgan fingerprint density at radius 1 is 0.296 bits per heavy atom. The number of aromatic amines is 2. The Hall–Kier alpha value is -6.70. The molecule has 9 rings (SSSR count). The fraction of sp³-hybridized carbons (Fsp3) is 0.500. The van der Waals surface area contributed by atoms with Gasteiger partial charge in [-0.25, -0.2) is 29.9 Å². The fourth-order valence-electron chi connectivity index (χ4n) is 9.61. The van der Waals surface area contributed by atoms with Crippen molar-refractivity contribution in [2.45, 2.75) is 158 Å². The normalized spacial score (nSPS) is 11.6. The molecule has 0 spiro atoms. The number of rotatable bonds is 32. The first-order chi connectivity index (χ1) is 39.4. The summed E-state index contributed by atoms with van der Waals surface area (Å²) in [7, 11) is 0. The van der Waals surface area contributed by atoms with Crippen LogP contribution in [0, 0.1) is 0 Å². The second kappa shape index (κ2) is 29.9. The molecular weight excluding hydrogens is 1120 g/mol. The van der Waals surface area contributed by atoms with Crippen LogP contribution in [0.15, 0.2) is 48.5 Å². The molecule has 81 heavy (non-hydrogen) atoms. The molecule has 3 aromatic heterocycles. The molecular formula is C64H82N8O8Pd. The molecule has 2 aliphatic heterocycles. The number of aromatic nitrogens is 8. The molecule has 0 saturated heterocycles. The van der Waals surface area contributed by atoms with Crippen LogP contribution in [0.5, 0.6) is 46.0 Å². The SMILES string of the molecule is CCCCOc1c(OCCCC)c(OCCCC)c2c(c1OCCCC)-c1nc-2nc2[nH]c(nc3nc(nc4[nH]c(n1)c1ccccc41)-c1ccccc1-3)c1c(OCCCC)c(OCCCC)c(OCCCC)c(OCCCC)c21.[Pd]. The largest absolute Gasteiger partial charge is 0.489 e. The van der Waals surface area contributed by atoms with E-state index in [1.807, 2.05) is 48.5 Å². The predicted molar refractivity (Wildman–Crippen MR) is 319 cm³/mol. The number of fused-ring (bicyclic) bond motifs is 20. The van der Waals surface area contributed by atoms with Crippen molar-refractivity contribution in [3.05, 3.63) is 48.5 Å². The van der Waals surface area contributed by atoms with Gasteiger partial charge in [-0.3, -0.25) is 0 Å². The molecule has 8 bridgehead atoms. The Morgan fingerprint density at radius 3 is 0.914 bits per heavy atom. The van der Waals surface area contributed by atoms with Crippen molar-refractivity contribution in [2.24, 2.45) is 0 Å². The Bertz CT molecular complexity index is 3400. The van der Waals surface area contributed by atoms with E-state index in [1.54, 1.807) is 0 Å². The van der Waals surface area contributed by atoms with Crippen molar-refractivity contribution in [1.29, 1.82) is 0 Å². The molecule has 436 valence electrons.